The van der Waals surface area contributed by atoms with Crippen molar-refractivity contribution in [3.8, 4) is 11.5 Å². The molecule has 3 aliphatic carbocycles. The maximum absolute atomic E-state index is 11.8. The van der Waals surface area contributed by atoms with Gasteiger partial charge in [-0.2, -0.15) is 0 Å². The van der Waals surface area contributed by atoms with Crippen molar-refractivity contribution in [3.05, 3.63) is 23.3 Å². The molecule has 30 heavy (non-hydrogen) atoms. The molecule has 0 bridgehead atoms. The molecule has 5 unspecified atom stereocenters. The Hall–Kier alpha value is -2.37. The summed E-state index contributed by atoms with van der Waals surface area (Å²) in [6.07, 6.45) is 5.78. The van der Waals surface area contributed by atoms with Gasteiger partial charge in [0.05, 0.1) is 0 Å². The summed E-state index contributed by atoms with van der Waals surface area (Å²) in [5.41, 5.74) is 2.20. The summed E-state index contributed by atoms with van der Waals surface area (Å²) >= 11 is 0. The maximum Gasteiger partial charge on any atom is 0.308 e. The molecule has 5 atom stereocenters. The first-order valence-electron chi connectivity index (χ1n) is 10.9. The topological polar surface area (TPSA) is 78.9 Å². The molecule has 162 valence electrons. The molecule has 3 aliphatic rings. The van der Waals surface area contributed by atoms with Crippen molar-refractivity contribution >= 4 is 17.9 Å². The highest BCUT2D eigenvalue weighted by Crippen LogP contribution is 2.62. The number of hydrogen-bond acceptors (Lipinski definition) is 6. The third-order valence-electron chi connectivity index (χ3n) is 7.49. The van der Waals surface area contributed by atoms with E-state index in [0.29, 0.717) is 29.3 Å². The SMILES string of the molecule is CC(=O)Oc1cc2c(c(OC(C)=O)c1)C1CCC3(C)C(OC(C)=O)CCC3C1CC2. The summed E-state index contributed by atoms with van der Waals surface area (Å²) in [6, 6.07) is 3.60. The molecule has 1 aromatic rings. The fourth-order valence-corrected chi connectivity index (χ4v) is 6.46. The third kappa shape index (κ3) is 3.61. The second kappa shape index (κ2) is 7.71. The van der Waals surface area contributed by atoms with Gasteiger partial charge in [-0.3, -0.25) is 14.4 Å². The highest BCUT2D eigenvalue weighted by Gasteiger charge is 2.56. The Morgan fingerprint density at radius 1 is 0.933 bits per heavy atom. The van der Waals surface area contributed by atoms with E-state index < -0.39 is 5.97 Å². The van der Waals surface area contributed by atoms with E-state index in [-0.39, 0.29) is 23.5 Å². The Morgan fingerprint density at radius 2 is 1.67 bits per heavy atom. The van der Waals surface area contributed by atoms with Crippen molar-refractivity contribution in [2.75, 3.05) is 0 Å². The average molecular weight is 414 g/mol. The largest absolute Gasteiger partial charge is 0.462 e. The molecule has 0 aliphatic heterocycles. The fourth-order valence-electron chi connectivity index (χ4n) is 6.46. The van der Waals surface area contributed by atoms with Crippen molar-refractivity contribution in [2.45, 2.75) is 78.2 Å². The van der Waals surface area contributed by atoms with Gasteiger partial charge in [-0.15, -0.1) is 0 Å². The summed E-state index contributed by atoms with van der Waals surface area (Å²) < 4.78 is 16.6. The zero-order chi connectivity index (χ0) is 21.6. The molecular formula is C24H30O6. The standard InChI is InChI=1S/C24H30O6/c1-13(25)28-17-11-16-5-6-18-19(23(16)21(12-17)29-14(2)26)9-10-24(4)20(18)7-8-22(24)30-15(3)27/h11-12,18-20,22H,5-10H2,1-4H3. The van der Waals surface area contributed by atoms with Gasteiger partial charge in [0.25, 0.3) is 0 Å². The molecule has 1 aromatic carbocycles. The lowest BCUT2D eigenvalue weighted by atomic mass is 9.55. The Balaban J connectivity index is 1.69. The number of esters is 3. The van der Waals surface area contributed by atoms with E-state index in [1.54, 1.807) is 6.07 Å². The number of carbonyl (C=O) groups is 3. The molecule has 4 rings (SSSR count). The van der Waals surface area contributed by atoms with Crippen molar-refractivity contribution in [1.29, 1.82) is 0 Å². The third-order valence-corrected chi connectivity index (χ3v) is 7.49. The lowest BCUT2D eigenvalue weighted by molar-refractivity contribution is -0.154. The highest BCUT2D eigenvalue weighted by atomic mass is 16.5. The molecule has 6 nitrogen and oxygen atoms in total. The summed E-state index contributed by atoms with van der Waals surface area (Å²) in [7, 11) is 0. The van der Waals surface area contributed by atoms with Crippen LogP contribution in [-0.2, 0) is 25.5 Å². The zero-order valence-electron chi connectivity index (χ0n) is 18.2. The molecule has 2 saturated carbocycles. The second-order valence-corrected chi connectivity index (χ2v) is 9.32. The molecule has 0 spiro atoms. The van der Waals surface area contributed by atoms with Crippen LogP contribution in [0.1, 0.15) is 76.8 Å². The smallest absolute Gasteiger partial charge is 0.308 e. The normalized spacial score (nSPS) is 31.7. The number of hydrogen-bond donors (Lipinski definition) is 0. The van der Waals surface area contributed by atoms with Crippen molar-refractivity contribution in [2.24, 2.45) is 17.3 Å². The molecule has 0 heterocycles. The molecule has 0 amide bonds. The van der Waals surface area contributed by atoms with Gasteiger partial charge in [0.2, 0.25) is 0 Å². The quantitative estimate of drug-likeness (QED) is 0.541. The number of fused-ring (bicyclic) bond motifs is 5. The minimum absolute atomic E-state index is 0.00359. The van der Waals surface area contributed by atoms with E-state index in [9.17, 15) is 14.4 Å². The lowest BCUT2D eigenvalue weighted by Gasteiger charge is -2.50. The van der Waals surface area contributed by atoms with E-state index in [2.05, 4.69) is 6.92 Å². The van der Waals surface area contributed by atoms with Gasteiger partial charge in [-0.05, 0) is 67.9 Å². The van der Waals surface area contributed by atoms with E-state index in [1.807, 2.05) is 6.07 Å². The number of benzene rings is 1. The Kier molecular flexibility index (Phi) is 5.37. The summed E-state index contributed by atoms with van der Waals surface area (Å²) in [5.74, 6) is 1.20. The average Bonchev–Trinajstić information content (AvgIpc) is 2.96. The van der Waals surface area contributed by atoms with E-state index >= 15 is 0 Å². The Morgan fingerprint density at radius 3 is 2.33 bits per heavy atom. The molecule has 0 aromatic heterocycles. The van der Waals surface area contributed by atoms with Crippen LogP contribution >= 0.6 is 0 Å². The molecule has 0 N–H and O–H groups in total. The van der Waals surface area contributed by atoms with Crippen LogP contribution in [0, 0.1) is 17.3 Å². The Labute approximate surface area is 177 Å². The zero-order valence-corrected chi connectivity index (χ0v) is 18.2. The van der Waals surface area contributed by atoms with Gasteiger partial charge in [0.15, 0.2) is 0 Å². The monoisotopic (exact) mass is 414 g/mol. The lowest BCUT2D eigenvalue weighted by Crippen LogP contribution is -2.45. The van der Waals surface area contributed by atoms with Crippen LogP contribution in [0.25, 0.3) is 0 Å². The van der Waals surface area contributed by atoms with Crippen molar-refractivity contribution < 1.29 is 28.6 Å². The maximum atomic E-state index is 11.8. The van der Waals surface area contributed by atoms with E-state index in [0.717, 1.165) is 49.7 Å². The van der Waals surface area contributed by atoms with Gasteiger partial charge >= 0.3 is 17.9 Å². The van der Waals surface area contributed by atoms with Crippen LogP contribution in [0.3, 0.4) is 0 Å². The van der Waals surface area contributed by atoms with Crippen molar-refractivity contribution in [3.63, 3.8) is 0 Å². The first-order valence-corrected chi connectivity index (χ1v) is 10.9. The van der Waals surface area contributed by atoms with Gasteiger partial charge in [-0.25, -0.2) is 0 Å². The summed E-state index contributed by atoms with van der Waals surface area (Å²) in [6.45, 7) is 6.53. The number of carbonyl (C=O) groups excluding carboxylic acids is 3. The van der Waals surface area contributed by atoms with E-state index in [1.165, 1.54) is 20.8 Å². The highest BCUT2D eigenvalue weighted by molar-refractivity contribution is 5.72. The van der Waals surface area contributed by atoms with E-state index in [4.69, 9.17) is 14.2 Å². The van der Waals surface area contributed by atoms with Gasteiger partial charge < -0.3 is 14.2 Å². The van der Waals surface area contributed by atoms with Crippen LogP contribution < -0.4 is 9.47 Å². The van der Waals surface area contributed by atoms with Crippen LogP contribution in [0.15, 0.2) is 12.1 Å². The number of rotatable bonds is 3. The Bertz CT molecular complexity index is 890. The number of aryl methyl sites for hydroxylation is 1. The molecule has 0 radical (unpaired) electrons. The molecule has 6 heteroatoms. The van der Waals surface area contributed by atoms with Crippen LogP contribution in [0.4, 0.5) is 0 Å². The summed E-state index contributed by atoms with van der Waals surface area (Å²) in [4.78, 5) is 34.8. The van der Waals surface area contributed by atoms with Crippen LogP contribution in [0.2, 0.25) is 0 Å². The molecule has 0 saturated heterocycles. The predicted molar refractivity (Wildman–Crippen MR) is 109 cm³/mol. The fraction of sp³-hybridized carbons (Fsp3) is 0.625. The van der Waals surface area contributed by atoms with Crippen LogP contribution in [0.5, 0.6) is 11.5 Å². The minimum atomic E-state index is -0.395. The van der Waals surface area contributed by atoms with Gasteiger partial charge in [-0.1, -0.05) is 6.92 Å². The molecular weight excluding hydrogens is 384 g/mol. The number of ether oxygens (including phenoxy) is 3. The van der Waals surface area contributed by atoms with Crippen LogP contribution in [-0.4, -0.2) is 24.0 Å². The van der Waals surface area contributed by atoms with Gasteiger partial charge in [0, 0.05) is 37.8 Å². The first-order chi connectivity index (χ1) is 14.2. The first kappa shape index (κ1) is 20.9. The van der Waals surface area contributed by atoms with Gasteiger partial charge in [0.1, 0.15) is 17.6 Å². The second-order valence-electron chi connectivity index (χ2n) is 9.32. The predicted octanol–water partition coefficient (Wildman–Crippen LogP) is 4.33. The summed E-state index contributed by atoms with van der Waals surface area (Å²) in [5, 5.41) is 0. The molecule has 2 fully saturated rings. The minimum Gasteiger partial charge on any atom is -0.462 e. The van der Waals surface area contributed by atoms with Crippen molar-refractivity contribution in [1.82, 2.24) is 0 Å².